The highest BCUT2D eigenvalue weighted by molar-refractivity contribution is 5.46. The summed E-state index contributed by atoms with van der Waals surface area (Å²) in [6.45, 7) is 5.16. The number of benzene rings is 2. The molecule has 26 heavy (non-hydrogen) atoms. The first-order valence-electron chi connectivity index (χ1n) is 9.65. The van der Waals surface area contributed by atoms with Gasteiger partial charge in [0.25, 0.3) is 0 Å². The molecule has 0 saturated carbocycles. The molecule has 0 atom stereocenters. The second-order valence-electron chi connectivity index (χ2n) is 6.31. The smallest absolute Gasteiger partial charge is 0.119 e. The summed E-state index contributed by atoms with van der Waals surface area (Å²) in [5, 5.41) is 0. The molecular formula is C25H28O. The van der Waals surface area contributed by atoms with Crippen molar-refractivity contribution >= 4 is 0 Å². The Bertz CT molecular complexity index is 761. The first-order valence-corrected chi connectivity index (χ1v) is 9.65. The lowest BCUT2D eigenvalue weighted by atomic mass is 10.1. The van der Waals surface area contributed by atoms with E-state index in [-0.39, 0.29) is 0 Å². The van der Waals surface area contributed by atoms with Gasteiger partial charge >= 0.3 is 0 Å². The van der Waals surface area contributed by atoms with Crippen LogP contribution in [0.3, 0.4) is 0 Å². The van der Waals surface area contributed by atoms with Gasteiger partial charge in [-0.05, 0) is 61.4 Å². The molecule has 0 heterocycles. The highest BCUT2D eigenvalue weighted by Gasteiger charge is 1.94. The van der Waals surface area contributed by atoms with Crippen LogP contribution in [0.4, 0.5) is 0 Å². The van der Waals surface area contributed by atoms with E-state index in [1.54, 1.807) is 0 Å². The Morgan fingerprint density at radius 2 is 1.19 bits per heavy atom. The number of unbranched alkanes of at least 4 members (excludes halogenated alkanes) is 4. The second-order valence-corrected chi connectivity index (χ2v) is 6.31. The third-order valence-corrected chi connectivity index (χ3v) is 4.00. The summed E-state index contributed by atoms with van der Waals surface area (Å²) < 4.78 is 5.73. The van der Waals surface area contributed by atoms with Gasteiger partial charge in [-0.25, -0.2) is 0 Å². The van der Waals surface area contributed by atoms with Gasteiger partial charge in [-0.1, -0.05) is 56.8 Å². The number of rotatable bonds is 7. The lowest BCUT2D eigenvalue weighted by Gasteiger charge is -2.05. The van der Waals surface area contributed by atoms with Gasteiger partial charge in [-0.3, -0.25) is 0 Å². The van der Waals surface area contributed by atoms with E-state index in [0.29, 0.717) is 0 Å². The average molecular weight is 344 g/mol. The molecule has 0 aromatic heterocycles. The van der Waals surface area contributed by atoms with Crippen molar-refractivity contribution in [3.8, 4) is 29.4 Å². The second kappa shape index (κ2) is 11.8. The van der Waals surface area contributed by atoms with E-state index in [1.807, 2.05) is 48.5 Å². The summed E-state index contributed by atoms with van der Waals surface area (Å²) in [7, 11) is 0. The fourth-order valence-corrected chi connectivity index (χ4v) is 2.39. The molecule has 2 aromatic rings. The lowest BCUT2D eigenvalue weighted by molar-refractivity contribution is 0.306. The average Bonchev–Trinajstić information content (AvgIpc) is 2.69. The molecule has 0 amide bonds. The third-order valence-electron chi connectivity index (χ3n) is 4.00. The Kier molecular flexibility index (Phi) is 8.96. The largest absolute Gasteiger partial charge is 0.494 e. The topological polar surface area (TPSA) is 9.23 Å². The van der Waals surface area contributed by atoms with E-state index in [0.717, 1.165) is 41.9 Å². The number of hydrogen-bond donors (Lipinski definition) is 0. The Balaban J connectivity index is 1.88. The highest BCUT2D eigenvalue weighted by Crippen LogP contribution is 2.12. The fraction of sp³-hybridized carbons (Fsp3) is 0.360. The fourth-order valence-electron chi connectivity index (χ4n) is 2.39. The summed E-state index contributed by atoms with van der Waals surface area (Å²) in [6, 6.07) is 16.1. The predicted molar refractivity (Wildman–Crippen MR) is 110 cm³/mol. The molecule has 0 bridgehead atoms. The van der Waals surface area contributed by atoms with Crippen LogP contribution in [0.5, 0.6) is 5.75 Å². The van der Waals surface area contributed by atoms with Crippen LogP contribution in [0.25, 0.3) is 0 Å². The van der Waals surface area contributed by atoms with Crippen molar-refractivity contribution in [2.45, 2.75) is 52.4 Å². The molecule has 2 rings (SSSR count). The maximum absolute atomic E-state index is 5.73. The Morgan fingerprint density at radius 3 is 1.77 bits per heavy atom. The van der Waals surface area contributed by atoms with E-state index in [4.69, 9.17) is 4.74 Å². The lowest BCUT2D eigenvalue weighted by Crippen LogP contribution is -1.96. The van der Waals surface area contributed by atoms with Crippen LogP contribution in [0, 0.1) is 23.7 Å². The van der Waals surface area contributed by atoms with Crippen LogP contribution < -0.4 is 4.74 Å². The minimum atomic E-state index is 0.784. The summed E-state index contributed by atoms with van der Waals surface area (Å²) in [4.78, 5) is 0. The molecule has 0 aliphatic heterocycles. The molecule has 1 nitrogen and oxygen atoms in total. The number of hydrogen-bond acceptors (Lipinski definition) is 1. The summed E-state index contributed by atoms with van der Waals surface area (Å²) in [5.74, 6) is 13.7. The minimum Gasteiger partial charge on any atom is -0.494 e. The van der Waals surface area contributed by atoms with E-state index in [2.05, 4.69) is 37.5 Å². The molecule has 0 fully saturated rings. The van der Waals surface area contributed by atoms with Crippen LogP contribution in [0.2, 0.25) is 0 Å². The summed E-state index contributed by atoms with van der Waals surface area (Å²) in [6.07, 6.45) is 6.86. The van der Waals surface area contributed by atoms with Crippen molar-refractivity contribution in [3.63, 3.8) is 0 Å². The van der Waals surface area contributed by atoms with E-state index >= 15 is 0 Å². The van der Waals surface area contributed by atoms with Crippen molar-refractivity contribution in [1.29, 1.82) is 0 Å². The first kappa shape index (κ1) is 19.7. The molecule has 1 heteroatoms. The maximum atomic E-state index is 5.73. The van der Waals surface area contributed by atoms with Crippen molar-refractivity contribution in [2.24, 2.45) is 0 Å². The molecule has 0 radical (unpaired) electrons. The van der Waals surface area contributed by atoms with E-state index < -0.39 is 0 Å². The monoisotopic (exact) mass is 344 g/mol. The predicted octanol–water partition coefficient (Wildman–Crippen LogP) is 6.20. The van der Waals surface area contributed by atoms with Crippen LogP contribution >= 0.6 is 0 Å². The van der Waals surface area contributed by atoms with E-state index in [1.165, 1.54) is 25.7 Å². The summed E-state index contributed by atoms with van der Waals surface area (Å²) >= 11 is 0. The molecule has 0 aliphatic carbocycles. The quantitative estimate of drug-likeness (QED) is 0.429. The molecule has 2 aromatic carbocycles. The molecule has 0 aliphatic rings. The van der Waals surface area contributed by atoms with Crippen molar-refractivity contribution < 1.29 is 4.74 Å². The number of ether oxygens (including phenoxy) is 1. The van der Waals surface area contributed by atoms with Crippen LogP contribution in [-0.2, 0) is 0 Å². The molecule has 0 unspecified atom stereocenters. The van der Waals surface area contributed by atoms with Gasteiger partial charge < -0.3 is 4.74 Å². The Hall–Kier alpha value is -2.64. The standard InChI is InChI=1S/C25H28O/c1-3-5-7-8-10-22-11-13-23(14-12-22)15-16-24-17-19-25(20-18-24)26-21-9-6-4-2/h11-14,17-20H,3-7,9,21H2,1-2H3. The first-order chi connectivity index (χ1) is 12.8. The van der Waals surface area contributed by atoms with Crippen LogP contribution in [0.1, 0.15) is 69.1 Å². The van der Waals surface area contributed by atoms with Gasteiger partial charge in [0, 0.05) is 23.1 Å². The minimum absolute atomic E-state index is 0.784. The Labute approximate surface area is 158 Å². The molecule has 0 spiro atoms. The molecular weight excluding hydrogens is 316 g/mol. The van der Waals surface area contributed by atoms with Crippen molar-refractivity contribution in [3.05, 3.63) is 65.2 Å². The van der Waals surface area contributed by atoms with Gasteiger partial charge in [0.2, 0.25) is 0 Å². The van der Waals surface area contributed by atoms with Crippen LogP contribution in [0.15, 0.2) is 48.5 Å². The van der Waals surface area contributed by atoms with E-state index in [9.17, 15) is 0 Å². The SMILES string of the molecule is CCCCC#Cc1ccc(C#Cc2ccc(OCCCCC)cc2)cc1. The van der Waals surface area contributed by atoms with Gasteiger partial charge in [0.05, 0.1) is 6.61 Å². The zero-order valence-corrected chi connectivity index (χ0v) is 16.0. The molecule has 134 valence electrons. The molecule has 0 saturated heterocycles. The summed E-state index contributed by atoms with van der Waals surface area (Å²) in [5.41, 5.74) is 3.05. The maximum Gasteiger partial charge on any atom is 0.119 e. The van der Waals surface area contributed by atoms with Gasteiger partial charge in [-0.2, -0.15) is 0 Å². The third kappa shape index (κ3) is 7.50. The zero-order valence-electron chi connectivity index (χ0n) is 16.0. The van der Waals surface area contributed by atoms with Crippen LogP contribution in [-0.4, -0.2) is 6.61 Å². The zero-order chi connectivity index (χ0) is 18.5. The van der Waals surface area contributed by atoms with Crippen molar-refractivity contribution in [1.82, 2.24) is 0 Å². The normalized spacial score (nSPS) is 9.62. The van der Waals surface area contributed by atoms with Crippen molar-refractivity contribution in [2.75, 3.05) is 6.61 Å². The molecule has 0 N–H and O–H groups in total. The van der Waals surface area contributed by atoms with Gasteiger partial charge in [0.1, 0.15) is 5.75 Å². The highest BCUT2D eigenvalue weighted by atomic mass is 16.5. The van der Waals surface area contributed by atoms with Gasteiger partial charge in [0.15, 0.2) is 0 Å². The van der Waals surface area contributed by atoms with Gasteiger partial charge in [-0.15, -0.1) is 0 Å². The Morgan fingerprint density at radius 1 is 0.654 bits per heavy atom.